The third-order valence-electron chi connectivity index (χ3n) is 4.46. The number of carbonyl (C=O) groups is 1. The van der Waals surface area contributed by atoms with Crippen LogP contribution < -0.4 is 5.32 Å². The lowest BCUT2D eigenvalue weighted by Gasteiger charge is -2.25. The average Bonchev–Trinajstić information content (AvgIpc) is 3.21. The Morgan fingerprint density at radius 2 is 2.26 bits per heavy atom. The highest BCUT2D eigenvalue weighted by molar-refractivity contribution is 5.77. The minimum atomic E-state index is 0.163. The van der Waals surface area contributed by atoms with E-state index >= 15 is 0 Å². The zero-order valence-corrected chi connectivity index (χ0v) is 13.7. The normalized spacial score (nSPS) is 17.5. The highest BCUT2D eigenvalue weighted by Gasteiger charge is 2.29. The smallest absolute Gasteiger partial charge is 0.224 e. The van der Waals surface area contributed by atoms with E-state index in [0.717, 1.165) is 36.5 Å². The second-order valence-electron chi connectivity index (χ2n) is 5.92. The molecule has 1 atom stereocenters. The zero-order chi connectivity index (χ0) is 16.2. The number of amides is 1. The summed E-state index contributed by atoms with van der Waals surface area (Å²) in [4.78, 5) is 18.9. The van der Waals surface area contributed by atoms with Gasteiger partial charge in [-0.15, -0.1) is 0 Å². The van der Waals surface area contributed by atoms with Crippen molar-refractivity contribution in [3.05, 3.63) is 41.9 Å². The maximum absolute atomic E-state index is 12.6. The Labute approximate surface area is 136 Å². The Bertz CT molecular complexity index is 681. The number of carbonyl (C=O) groups excluding carboxylic acids is 1. The monoisotopic (exact) mass is 313 g/mol. The number of rotatable bonds is 5. The number of nitrogens with zero attached hydrogens (tertiary/aromatic N) is 4. The lowest BCUT2D eigenvalue weighted by molar-refractivity contribution is -0.132. The molecule has 2 aromatic heterocycles. The maximum atomic E-state index is 12.6. The molecule has 1 aliphatic heterocycles. The molecule has 1 aliphatic rings. The predicted octanol–water partition coefficient (Wildman–Crippen LogP) is 2.38. The number of anilines is 1. The van der Waals surface area contributed by atoms with Gasteiger partial charge in [-0.1, -0.05) is 0 Å². The van der Waals surface area contributed by atoms with Crippen molar-refractivity contribution in [3.63, 3.8) is 0 Å². The molecule has 0 aromatic carbocycles. The van der Waals surface area contributed by atoms with Gasteiger partial charge in [-0.3, -0.25) is 9.48 Å². The van der Waals surface area contributed by atoms with Crippen LogP contribution in [-0.4, -0.2) is 39.2 Å². The first kappa shape index (κ1) is 15.5. The molecule has 23 heavy (non-hydrogen) atoms. The van der Waals surface area contributed by atoms with Crippen molar-refractivity contribution in [2.24, 2.45) is 0 Å². The molecule has 1 saturated heterocycles. The standard InChI is InChI=1S/C17H23N5O/c1-13-5-9-20-22(13)11-7-17(23)21-10-3-4-15(21)14-6-8-19-16(12-14)18-2/h5-6,8-9,12,15H,3-4,7,10-11H2,1-2H3,(H,18,19). The van der Waals surface area contributed by atoms with Gasteiger partial charge in [-0.2, -0.15) is 5.10 Å². The molecular weight excluding hydrogens is 290 g/mol. The summed E-state index contributed by atoms with van der Waals surface area (Å²) in [5.41, 5.74) is 2.24. The first-order valence-corrected chi connectivity index (χ1v) is 8.10. The van der Waals surface area contributed by atoms with Crippen molar-refractivity contribution in [1.82, 2.24) is 19.7 Å². The van der Waals surface area contributed by atoms with Crippen LogP contribution in [-0.2, 0) is 11.3 Å². The summed E-state index contributed by atoms with van der Waals surface area (Å²) < 4.78 is 1.88. The molecule has 1 amide bonds. The van der Waals surface area contributed by atoms with E-state index in [9.17, 15) is 4.79 Å². The number of hydrogen-bond acceptors (Lipinski definition) is 4. The van der Waals surface area contributed by atoms with Gasteiger partial charge in [-0.25, -0.2) is 4.98 Å². The van der Waals surface area contributed by atoms with E-state index in [-0.39, 0.29) is 11.9 Å². The number of hydrogen-bond donors (Lipinski definition) is 1. The zero-order valence-electron chi connectivity index (χ0n) is 13.7. The van der Waals surface area contributed by atoms with Gasteiger partial charge in [0.25, 0.3) is 0 Å². The lowest BCUT2D eigenvalue weighted by atomic mass is 10.1. The Morgan fingerprint density at radius 3 is 3.00 bits per heavy atom. The van der Waals surface area contributed by atoms with Crippen molar-refractivity contribution >= 4 is 11.7 Å². The van der Waals surface area contributed by atoms with Crippen LogP contribution in [0.25, 0.3) is 0 Å². The van der Waals surface area contributed by atoms with Gasteiger partial charge in [0.2, 0.25) is 5.91 Å². The molecular formula is C17H23N5O. The number of aryl methyl sites for hydroxylation is 2. The van der Waals surface area contributed by atoms with Gasteiger partial charge in [0, 0.05) is 44.6 Å². The van der Waals surface area contributed by atoms with E-state index in [2.05, 4.69) is 15.4 Å². The van der Waals surface area contributed by atoms with Crippen molar-refractivity contribution < 1.29 is 4.79 Å². The topological polar surface area (TPSA) is 63.1 Å². The summed E-state index contributed by atoms with van der Waals surface area (Å²) in [5.74, 6) is 1.04. The van der Waals surface area contributed by atoms with Crippen LogP contribution in [0.3, 0.4) is 0 Å². The molecule has 0 spiro atoms. The van der Waals surface area contributed by atoms with E-state index in [1.807, 2.05) is 41.8 Å². The van der Waals surface area contributed by atoms with Crippen LogP contribution in [0.1, 0.15) is 36.6 Å². The van der Waals surface area contributed by atoms with Gasteiger partial charge >= 0.3 is 0 Å². The lowest BCUT2D eigenvalue weighted by Crippen LogP contribution is -2.31. The molecule has 1 N–H and O–H groups in total. The molecule has 0 bridgehead atoms. The summed E-state index contributed by atoms with van der Waals surface area (Å²) in [6.45, 7) is 3.48. The Hall–Kier alpha value is -2.37. The summed E-state index contributed by atoms with van der Waals surface area (Å²) in [7, 11) is 1.86. The molecule has 2 aromatic rings. The van der Waals surface area contributed by atoms with Crippen LogP contribution in [0.4, 0.5) is 5.82 Å². The van der Waals surface area contributed by atoms with Crippen molar-refractivity contribution in [3.8, 4) is 0 Å². The first-order valence-electron chi connectivity index (χ1n) is 8.10. The Balaban J connectivity index is 1.68. The molecule has 3 rings (SSSR count). The second kappa shape index (κ2) is 6.81. The fraction of sp³-hybridized carbons (Fsp3) is 0.471. The molecule has 3 heterocycles. The average molecular weight is 313 g/mol. The highest BCUT2D eigenvalue weighted by Crippen LogP contribution is 2.33. The minimum absolute atomic E-state index is 0.163. The van der Waals surface area contributed by atoms with Gasteiger partial charge in [0.1, 0.15) is 5.82 Å². The predicted molar refractivity (Wildman–Crippen MR) is 89.1 cm³/mol. The molecule has 0 radical (unpaired) electrons. The van der Waals surface area contributed by atoms with Crippen molar-refractivity contribution in [1.29, 1.82) is 0 Å². The van der Waals surface area contributed by atoms with Crippen LogP contribution in [0, 0.1) is 6.92 Å². The number of likely N-dealkylation sites (tertiary alicyclic amines) is 1. The van der Waals surface area contributed by atoms with E-state index in [1.165, 1.54) is 0 Å². The Morgan fingerprint density at radius 1 is 1.39 bits per heavy atom. The molecule has 1 unspecified atom stereocenters. The highest BCUT2D eigenvalue weighted by atomic mass is 16.2. The van der Waals surface area contributed by atoms with E-state index in [4.69, 9.17) is 0 Å². The number of aromatic nitrogens is 3. The molecule has 122 valence electrons. The second-order valence-corrected chi connectivity index (χ2v) is 5.92. The summed E-state index contributed by atoms with van der Waals surface area (Å²) in [6, 6.07) is 6.17. The van der Waals surface area contributed by atoms with Crippen LogP contribution in [0.5, 0.6) is 0 Å². The van der Waals surface area contributed by atoms with E-state index in [0.29, 0.717) is 13.0 Å². The number of nitrogens with one attached hydrogen (secondary N) is 1. The van der Waals surface area contributed by atoms with Gasteiger partial charge in [0.15, 0.2) is 0 Å². The molecule has 6 heteroatoms. The van der Waals surface area contributed by atoms with E-state index < -0.39 is 0 Å². The van der Waals surface area contributed by atoms with E-state index in [1.54, 1.807) is 12.4 Å². The Kier molecular flexibility index (Phi) is 4.60. The van der Waals surface area contributed by atoms with Crippen LogP contribution >= 0.6 is 0 Å². The fourth-order valence-corrected chi connectivity index (χ4v) is 3.18. The largest absolute Gasteiger partial charge is 0.373 e. The number of pyridine rings is 1. The first-order chi connectivity index (χ1) is 11.2. The van der Waals surface area contributed by atoms with Crippen molar-refractivity contribution in [2.75, 3.05) is 18.9 Å². The molecule has 1 fully saturated rings. The van der Waals surface area contributed by atoms with Crippen LogP contribution in [0.2, 0.25) is 0 Å². The maximum Gasteiger partial charge on any atom is 0.224 e. The summed E-state index contributed by atoms with van der Waals surface area (Å²) in [5, 5.41) is 7.30. The fourth-order valence-electron chi connectivity index (χ4n) is 3.18. The summed E-state index contributed by atoms with van der Waals surface area (Å²) >= 11 is 0. The third kappa shape index (κ3) is 3.36. The van der Waals surface area contributed by atoms with Gasteiger partial charge < -0.3 is 10.2 Å². The molecule has 0 aliphatic carbocycles. The molecule has 6 nitrogen and oxygen atoms in total. The quantitative estimate of drug-likeness (QED) is 0.920. The minimum Gasteiger partial charge on any atom is -0.373 e. The van der Waals surface area contributed by atoms with Crippen LogP contribution in [0.15, 0.2) is 30.6 Å². The SMILES string of the molecule is CNc1cc(C2CCCN2C(=O)CCn2nccc2C)ccn1. The third-order valence-corrected chi connectivity index (χ3v) is 4.46. The molecule has 0 saturated carbocycles. The summed E-state index contributed by atoms with van der Waals surface area (Å²) in [6.07, 6.45) is 6.13. The van der Waals surface area contributed by atoms with Gasteiger partial charge in [0.05, 0.1) is 6.04 Å². The van der Waals surface area contributed by atoms with Crippen molar-refractivity contribution in [2.45, 2.75) is 38.8 Å². The van der Waals surface area contributed by atoms with Gasteiger partial charge in [-0.05, 0) is 43.5 Å².